The molecule has 0 radical (unpaired) electrons. The average molecular weight is 763 g/mol. The number of hydrogen-bond acceptors (Lipinski definition) is 2. The fourth-order valence-electron chi connectivity index (χ4n) is 9.72. The van der Waals surface area contributed by atoms with E-state index in [1.54, 1.807) is 0 Å². The van der Waals surface area contributed by atoms with E-state index >= 15 is 0 Å². The Kier molecular flexibility index (Phi) is 6.98. The minimum atomic E-state index is 0.647. The van der Waals surface area contributed by atoms with Gasteiger partial charge in [0.1, 0.15) is 0 Å². The third-order valence-corrected chi connectivity index (χ3v) is 12.5. The topological polar surface area (TPSA) is 35.6 Å². The van der Waals surface area contributed by atoms with Gasteiger partial charge in [0, 0.05) is 38.2 Å². The highest BCUT2D eigenvalue weighted by molar-refractivity contribution is 6.23. The lowest BCUT2D eigenvalue weighted by atomic mass is 9.99. The molecular weight excluding hydrogens is 729 g/mol. The molecule has 3 aromatic heterocycles. The smallest absolute Gasteiger partial charge is 0.235 e. The Labute approximate surface area is 344 Å². The molecule has 0 saturated heterocycles. The maximum Gasteiger partial charge on any atom is 0.235 e. The molecule has 0 atom stereocenters. The Hall–Kier alpha value is -8.08. The highest BCUT2D eigenvalue weighted by atomic mass is 15.2. The molecule has 278 valence electrons. The summed E-state index contributed by atoms with van der Waals surface area (Å²) in [6.07, 6.45) is 0. The third kappa shape index (κ3) is 4.85. The van der Waals surface area contributed by atoms with Gasteiger partial charge in [0.2, 0.25) is 5.95 Å². The minimum Gasteiger partial charge on any atom is -0.309 e. The van der Waals surface area contributed by atoms with Crippen molar-refractivity contribution in [3.63, 3.8) is 0 Å². The Morgan fingerprint density at radius 2 is 0.833 bits per heavy atom. The molecule has 0 N–H and O–H groups in total. The molecule has 0 amide bonds. The number of aromatic nitrogens is 4. The number of hydrogen-bond donors (Lipinski definition) is 0. The van der Waals surface area contributed by atoms with Crippen LogP contribution in [-0.2, 0) is 0 Å². The molecule has 0 aliphatic rings. The highest BCUT2D eigenvalue weighted by Gasteiger charge is 2.21. The van der Waals surface area contributed by atoms with E-state index in [1.165, 1.54) is 70.6 Å². The van der Waals surface area contributed by atoms with Crippen LogP contribution >= 0.6 is 0 Å². The molecular formula is C56H34N4. The first-order chi connectivity index (χ1) is 29.7. The molecule has 10 aromatic carbocycles. The van der Waals surface area contributed by atoms with Crippen molar-refractivity contribution in [3.05, 3.63) is 206 Å². The van der Waals surface area contributed by atoms with Gasteiger partial charge < -0.3 is 4.57 Å². The van der Waals surface area contributed by atoms with Gasteiger partial charge >= 0.3 is 0 Å². The van der Waals surface area contributed by atoms with Crippen LogP contribution in [0.3, 0.4) is 0 Å². The van der Waals surface area contributed by atoms with Crippen molar-refractivity contribution in [1.82, 2.24) is 19.1 Å². The summed E-state index contributed by atoms with van der Waals surface area (Å²) in [7, 11) is 0. The molecule has 0 unspecified atom stereocenters. The lowest BCUT2D eigenvalue weighted by Crippen LogP contribution is -2.03. The summed E-state index contributed by atoms with van der Waals surface area (Å²) in [5.41, 5.74) is 10.8. The van der Waals surface area contributed by atoms with E-state index in [2.05, 4.69) is 215 Å². The van der Waals surface area contributed by atoms with Crippen molar-refractivity contribution >= 4 is 86.8 Å². The van der Waals surface area contributed by atoms with Crippen LogP contribution in [0.4, 0.5) is 0 Å². The van der Waals surface area contributed by atoms with Crippen LogP contribution in [0.2, 0.25) is 0 Å². The van der Waals surface area contributed by atoms with Crippen molar-refractivity contribution in [1.29, 1.82) is 0 Å². The molecule has 3 heterocycles. The van der Waals surface area contributed by atoms with Crippen LogP contribution in [0.1, 0.15) is 0 Å². The Morgan fingerprint density at radius 1 is 0.300 bits per heavy atom. The molecule has 4 heteroatoms. The van der Waals surface area contributed by atoms with Crippen molar-refractivity contribution in [2.24, 2.45) is 0 Å². The Bertz CT molecular complexity index is 3890. The number of fused-ring (bicyclic) bond motifs is 12. The van der Waals surface area contributed by atoms with Gasteiger partial charge in [-0.3, -0.25) is 4.57 Å². The minimum absolute atomic E-state index is 0.647. The second-order valence-corrected chi connectivity index (χ2v) is 15.8. The van der Waals surface area contributed by atoms with Gasteiger partial charge in [-0.1, -0.05) is 158 Å². The summed E-state index contributed by atoms with van der Waals surface area (Å²) < 4.78 is 4.69. The molecule has 0 spiro atoms. The van der Waals surface area contributed by atoms with Crippen molar-refractivity contribution in [3.8, 4) is 34.0 Å². The average Bonchev–Trinajstić information content (AvgIpc) is 3.84. The Balaban J connectivity index is 1.04. The van der Waals surface area contributed by atoms with Crippen molar-refractivity contribution in [2.45, 2.75) is 0 Å². The van der Waals surface area contributed by atoms with Crippen molar-refractivity contribution < 1.29 is 0 Å². The van der Waals surface area contributed by atoms with E-state index in [-0.39, 0.29) is 0 Å². The summed E-state index contributed by atoms with van der Waals surface area (Å²) in [6.45, 7) is 0. The van der Waals surface area contributed by atoms with Gasteiger partial charge in [-0.25, -0.2) is 9.97 Å². The van der Waals surface area contributed by atoms with Gasteiger partial charge in [0.05, 0.1) is 33.3 Å². The fourth-order valence-corrected chi connectivity index (χ4v) is 9.72. The summed E-state index contributed by atoms with van der Waals surface area (Å²) in [5, 5.41) is 13.3. The molecule has 4 nitrogen and oxygen atoms in total. The maximum absolute atomic E-state index is 5.47. The largest absolute Gasteiger partial charge is 0.309 e. The fraction of sp³-hybridized carbons (Fsp3) is 0. The molecule has 13 rings (SSSR count). The molecule has 0 saturated carbocycles. The summed E-state index contributed by atoms with van der Waals surface area (Å²) in [6, 6.07) is 74.4. The second kappa shape index (κ2) is 12.7. The molecule has 0 fully saturated rings. The monoisotopic (exact) mass is 762 g/mol. The first kappa shape index (κ1) is 32.9. The SMILES string of the molecule is c1ccc2cc(-c3ccc(-c4nc(-n5c6ccc(-n7c8ccccc8c8c9ccccc9ccc87)cc6c6c7ccccc7ccc65)nc5ccccc45)cc3)ccc2c1. The van der Waals surface area contributed by atoms with Gasteiger partial charge in [0.15, 0.2) is 0 Å². The molecule has 0 aliphatic heterocycles. The van der Waals surface area contributed by atoms with Crippen LogP contribution < -0.4 is 0 Å². The van der Waals surface area contributed by atoms with Gasteiger partial charge in [0.25, 0.3) is 0 Å². The summed E-state index contributed by atoms with van der Waals surface area (Å²) >= 11 is 0. The van der Waals surface area contributed by atoms with Gasteiger partial charge in [-0.15, -0.1) is 0 Å². The molecule has 13 aromatic rings. The van der Waals surface area contributed by atoms with E-state index in [0.717, 1.165) is 44.3 Å². The van der Waals surface area contributed by atoms with E-state index in [1.807, 2.05) is 0 Å². The summed E-state index contributed by atoms with van der Waals surface area (Å²) in [5.74, 6) is 0.647. The maximum atomic E-state index is 5.47. The van der Waals surface area contributed by atoms with Crippen LogP contribution in [-0.4, -0.2) is 19.1 Å². The number of para-hydroxylation sites is 2. The quantitative estimate of drug-likeness (QED) is 0.179. The van der Waals surface area contributed by atoms with Gasteiger partial charge in [-0.05, 0) is 92.0 Å². The van der Waals surface area contributed by atoms with E-state index < -0.39 is 0 Å². The van der Waals surface area contributed by atoms with E-state index in [4.69, 9.17) is 9.97 Å². The summed E-state index contributed by atoms with van der Waals surface area (Å²) in [4.78, 5) is 10.8. The number of nitrogens with zero attached hydrogens (tertiary/aromatic N) is 4. The highest BCUT2D eigenvalue weighted by Crippen LogP contribution is 2.41. The lowest BCUT2D eigenvalue weighted by Gasteiger charge is -2.13. The van der Waals surface area contributed by atoms with Crippen molar-refractivity contribution in [2.75, 3.05) is 0 Å². The zero-order chi connectivity index (χ0) is 39.3. The lowest BCUT2D eigenvalue weighted by molar-refractivity contribution is 1.01. The van der Waals surface area contributed by atoms with Crippen LogP contribution in [0, 0.1) is 0 Å². The molecule has 60 heavy (non-hydrogen) atoms. The third-order valence-electron chi connectivity index (χ3n) is 12.5. The normalized spacial score (nSPS) is 12.0. The van der Waals surface area contributed by atoms with Crippen LogP contribution in [0.5, 0.6) is 0 Å². The first-order valence-electron chi connectivity index (χ1n) is 20.5. The predicted octanol–water partition coefficient (Wildman–Crippen LogP) is 14.6. The second-order valence-electron chi connectivity index (χ2n) is 15.8. The zero-order valence-electron chi connectivity index (χ0n) is 32.4. The Morgan fingerprint density at radius 3 is 1.60 bits per heavy atom. The van der Waals surface area contributed by atoms with E-state index in [0.29, 0.717) is 5.95 Å². The van der Waals surface area contributed by atoms with E-state index in [9.17, 15) is 0 Å². The standard InChI is InChI=1S/C56H34N4/c1-2-14-40-33-41(26-23-35(40)11-1)36-21-24-39(25-22-36)55-45-17-7-9-19-48(45)57-56(58-55)60-50-32-29-42(34-47(50)54-44-16-6-4-13-38(44)28-31-52(54)60)59-49-20-10-8-18-46(49)53-43-15-5-3-12-37(43)27-30-51(53)59/h1-34H. The zero-order valence-corrected chi connectivity index (χ0v) is 32.4. The predicted molar refractivity (Wildman–Crippen MR) is 252 cm³/mol. The number of rotatable bonds is 4. The van der Waals surface area contributed by atoms with Gasteiger partial charge in [-0.2, -0.15) is 0 Å². The number of benzene rings is 10. The van der Waals surface area contributed by atoms with Crippen LogP contribution in [0.25, 0.3) is 121 Å². The molecule has 0 bridgehead atoms. The first-order valence-corrected chi connectivity index (χ1v) is 20.5. The molecule has 0 aliphatic carbocycles. The van der Waals surface area contributed by atoms with Crippen LogP contribution in [0.15, 0.2) is 206 Å².